The average molecular weight is 191 g/mol. The highest BCUT2D eigenvalue weighted by atomic mass is 35.5. The van der Waals surface area contributed by atoms with Crippen molar-refractivity contribution in [1.82, 2.24) is 5.32 Å². The molecule has 6 heteroatoms. The van der Waals surface area contributed by atoms with Gasteiger partial charge in [0, 0.05) is 30.3 Å². The minimum Gasteiger partial charge on any atom is -0.356 e. The maximum atomic E-state index is 10.9. The Balaban J connectivity index is 3.27. The number of rotatable bonds is 6. The van der Waals surface area contributed by atoms with Crippen molar-refractivity contribution in [1.29, 1.82) is 0 Å². The molecule has 0 saturated carbocycles. The fraction of sp³-hybridized carbons (Fsp3) is 0.833. The van der Waals surface area contributed by atoms with Crippen molar-refractivity contribution in [3.8, 4) is 0 Å². The summed E-state index contributed by atoms with van der Waals surface area (Å²) in [5, 5.41) is 5.87. The molecule has 0 fully saturated rings. The van der Waals surface area contributed by atoms with Crippen LogP contribution in [-0.4, -0.2) is 24.9 Å². The van der Waals surface area contributed by atoms with Crippen LogP contribution < -0.4 is 5.32 Å². The van der Waals surface area contributed by atoms with Crippen LogP contribution in [0.5, 0.6) is 0 Å². The van der Waals surface area contributed by atoms with Crippen molar-refractivity contribution >= 4 is 17.5 Å². The second-order valence-corrected chi connectivity index (χ2v) is 2.47. The highest BCUT2D eigenvalue weighted by Gasteiger charge is 1.97. The minimum absolute atomic E-state index is 0.104. The molecule has 0 saturated heterocycles. The number of hydrogen-bond acceptors (Lipinski definition) is 2. The number of hydrogen-bond donors (Lipinski definition) is 1. The van der Waals surface area contributed by atoms with Crippen LogP contribution in [0.3, 0.4) is 0 Å². The molecule has 0 aliphatic rings. The highest BCUT2D eigenvalue weighted by Crippen LogP contribution is 1.84. The van der Waals surface area contributed by atoms with E-state index in [1.165, 1.54) is 0 Å². The zero-order valence-electron chi connectivity index (χ0n) is 6.66. The van der Waals surface area contributed by atoms with Crippen molar-refractivity contribution < 1.29 is 4.79 Å². The normalized spacial score (nSPS) is 8.75. The van der Waals surface area contributed by atoms with Gasteiger partial charge in [-0.25, -0.2) is 0 Å². The van der Waals surface area contributed by atoms with E-state index in [-0.39, 0.29) is 18.9 Å². The first-order valence-corrected chi connectivity index (χ1v) is 4.18. The lowest BCUT2D eigenvalue weighted by molar-refractivity contribution is -0.120. The van der Waals surface area contributed by atoms with Gasteiger partial charge >= 0.3 is 0 Å². The van der Waals surface area contributed by atoms with Crippen molar-refractivity contribution in [3.63, 3.8) is 0 Å². The van der Waals surface area contributed by atoms with Gasteiger partial charge in [-0.15, -0.1) is 11.6 Å². The molecule has 1 amide bonds. The molecule has 5 nitrogen and oxygen atoms in total. The molecule has 0 aromatic carbocycles. The van der Waals surface area contributed by atoms with E-state index in [2.05, 4.69) is 15.3 Å². The van der Waals surface area contributed by atoms with Gasteiger partial charge in [-0.3, -0.25) is 4.79 Å². The van der Waals surface area contributed by atoms with Gasteiger partial charge in [-0.2, -0.15) is 0 Å². The zero-order valence-corrected chi connectivity index (χ0v) is 7.42. The van der Waals surface area contributed by atoms with Gasteiger partial charge in [0.25, 0.3) is 0 Å². The highest BCUT2D eigenvalue weighted by molar-refractivity contribution is 6.17. The molecule has 0 atom stereocenters. The van der Waals surface area contributed by atoms with Crippen molar-refractivity contribution in [2.75, 3.05) is 19.0 Å². The third kappa shape index (κ3) is 7.18. The molecule has 12 heavy (non-hydrogen) atoms. The molecule has 0 aromatic heterocycles. The van der Waals surface area contributed by atoms with E-state index >= 15 is 0 Å². The molecule has 0 spiro atoms. The molecule has 0 heterocycles. The molecule has 0 aliphatic heterocycles. The predicted molar refractivity (Wildman–Crippen MR) is 47.0 cm³/mol. The summed E-state index contributed by atoms with van der Waals surface area (Å²) in [6.07, 6.45) is 1.00. The summed E-state index contributed by atoms with van der Waals surface area (Å²) < 4.78 is 0. The van der Waals surface area contributed by atoms with Gasteiger partial charge in [0.15, 0.2) is 0 Å². The minimum atomic E-state index is -0.104. The van der Waals surface area contributed by atoms with Crippen LogP contribution in [0.2, 0.25) is 0 Å². The summed E-state index contributed by atoms with van der Waals surface area (Å²) >= 11 is 5.39. The number of nitrogens with zero attached hydrogens (tertiary/aromatic N) is 3. The summed E-state index contributed by atoms with van der Waals surface area (Å²) in [7, 11) is 0. The van der Waals surface area contributed by atoms with Crippen LogP contribution in [0.1, 0.15) is 12.8 Å². The van der Waals surface area contributed by atoms with Crippen molar-refractivity contribution in [3.05, 3.63) is 10.4 Å². The van der Waals surface area contributed by atoms with E-state index in [0.717, 1.165) is 6.42 Å². The molecule has 0 radical (unpaired) electrons. The maximum Gasteiger partial charge on any atom is 0.220 e. The van der Waals surface area contributed by atoms with Crippen LogP contribution in [0.4, 0.5) is 0 Å². The fourth-order valence-corrected chi connectivity index (χ4v) is 0.713. The monoisotopic (exact) mass is 190 g/mol. The molecule has 1 N–H and O–H groups in total. The molecular weight excluding hydrogens is 180 g/mol. The third-order valence-corrected chi connectivity index (χ3v) is 1.40. The van der Waals surface area contributed by atoms with Crippen LogP contribution in [0, 0.1) is 0 Å². The molecule has 0 bridgehead atoms. The van der Waals surface area contributed by atoms with E-state index in [4.69, 9.17) is 17.1 Å². The quantitative estimate of drug-likeness (QED) is 0.222. The lowest BCUT2D eigenvalue weighted by Gasteiger charge is -2.00. The molecule has 0 unspecified atom stereocenters. The standard InChI is InChI=1S/C6H11ClN4O/c7-3-1-4-9-6(12)2-5-10-11-8/h1-5H2,(H,9,12). The first-order valence-electron chi connectivity index (χ1n) is 3.64. The van der Waals surface area contributed by atoms with Gasteiger partial charge in [0.1, 0.15) is 0 Å². The summed E-state index contributed by atoms with van der Waals surface area (Å²) in [6, 6.07) is 0. The lowest BCUT2D eigenvalue weighted by Crippen LogP contribution is -2.24. The van der Waals surface area contributed by atoms with Crippen molar-refractivity contribution in [2.45, 2.75) is 12.8 Å². The second kappa shape index (κ2) is 8.17. The van der Waals surface area contributed by atoms with Gasteiger partial charge in [0.2, 0.25) is 5.91 Å². The Morgan fingerprint density at radius 1 is 1.67 bits per heavy atom. The first-order chi connectivity index (χ1) is 5.81. The van der Waals surface area contributed by atoms with Gasteiger partial charge in [-0.1, -0.05) is 5.11 Å². The maximum absolute atomic E-state index is 10.9. The van der Waals surface area contributed by atoms with E-state index in [9.17, 15) is 4.79 Å². The molecule has 68 valence electrons. The Morgan fingerprint density at radius 3 is 3.00 bits per heavy atom. The largest absolute Gasteiger partial charge is 0.356 e. The molecule has 0 aromatic rings. The summed E-state index contributed by atoms with van der Waals surface area (Å²) in [6.45, 7) is 0.793. The van der Waals surface area contributed by atoms with E-state index in [0.29, 0.717) is 12.4 Å². The average Bonchev–Trinajstić information content (AvgIpc) is 2.06. The number of carbonyl (C=O) groups excluding carboxylic acids is 1. The number of nitrogens with one attached hydrogen (secondary N) is 1. The number of carbonyl (C=O) groups is 1. The van der Waals surface area contributed by atoms with E-state index < -0.39 is 0 Å². The number of halogens is 1. The predicted octanol–water partition coefficient (Wildman–Crippen LogP) is 1.43. The number of amides is 1. The molecule has 0 aliphatic carbocycles. The molecule has 0 rings (SSSR count). The lowest BCUT2D eigenvalue weighted by atomic mass is 10.4. The Morgan fingerprint density at radius 2 is 2.42 bits per heavy atom. The SMILES string of the molecule is [N-]=[N+]=NCCC(=O)NCCCCl. The van der Waals surface area contributed by atoms with Gasteiger partial charge < -0.3 is 5.32 Å². The summed E-state index contributed by atoms with van der Waals surface area (Å²) in [5.74, 6) is 0.434. The summed E-state index contributed by atoms with van der Waals surface area (Å²) in [5.41, 5.74) is 7.90. The third-order valence-electron chi connectivity index (χ3n) is 1.13. The van der Waals surface area contributed by atoms with Gasteiger partial charge in [0.05, 0.1) is 0 Å². The zero-order chi connectivity index (χ0) is 9.23. The van der Waals surface area contributed by atoms with Crippen LogP contribution in [0.15, 0.2) is 5.11 Å². The Bertz CT molecular complexity index is 178. The van der Waals surface area contributed by atoms with Crippen LogP contribution >= 0.6 is 11.6 Å². The Kier molecular flexibility index (Phi) is 7.54. The Hall–Kier alpha value is -0.930. The number of alkyl halides is 1. The fourth-order valence-electron chi connectivity index (χ4n) is 0.579. The second-order valence-electron chi connectivity index (χ2n) is 2.10. The van der Waals surface area contributed by atoms with E-state index in [1.54, 1.807) is 0 Å². The summed E-state index contributed by atoms with van der Waals surface area (Å²) in [4.78, 5) is 13.4. The van der Waals surface area contributed by atoms with E-state index in [1.807, 2.05) is 0 Å². The van der Waals surface area contributed by atoms with Crippen LogP contribution in [-0.2, 0) is 4.79 Å². The first kappa shape index (κ1) is 11.1. The molecular formula is C6H11ClN4O. The smallest absolute Gasteiger partial charge is 0.220 e. The van der Waals surface area contributed by atoms with Gasteiger partial charge in [-0.05, 0) is 12.0 Å². The van der Waals surface area contributed by atoms with Crippen molar-refractivity contribution in [2.24, 2.45) is 5.11 Å². The Labute approximate surface area is 75.7 Å². The topological polar surface area (TPSA) is 77.9 Å². The van der Waals surface area contributed by atoms with Crippen LogP contribution in [0.25, 0.3) is 10.4 Å². The number of azide groups is 1.